The molecule has 0 bridgehead atoms. The number of amides is 1. The van der Waals surface area contributed by atoms with Crippen LogP contribution in [0.2, 0.25) is 0 Å². The summed E-state index contributed by atoms with van der Waals surface area (Å²) in [6.45, 7) is 0. The van der Waals surface area contributed by atoms with Gasteiger partial charge in [-0.2, -0.15) is 0 Å². The van der Waals surface area contributed by atoms with Crippen LogP contribution in [0.5, 0.6) is 5.75 Å². The normalized spacial score (nSPS) is 7.33. The minimum absolute atomic E-state index is 0. The van der Waals surface area contributed by atoms with Gasteiger partial charge in [-0.05, 0) is 12.1 Å². The van der Waals surface area contributed by atoms with Crippen LogP contribution in [0.1, 0.15) is 0 Å². The molecule has 0 aliphatic rings. The Kier molecular flexibility index (Phi) is 8.55. The molecule has 1 rings (SSSR count). The monoisotopic (exact) mass is 240 g/mol. The van der Waals surface area contributed by atoms with Crippen LogP contribution >= 0.6 is 0 Å². The van der Waals surface area contributed by atoms with E-state index in [9.17, 15) is 4.79 Å². The second-order valence-corrected chi connectivity index (χ2v) is 1.70. The summed E-state index contributed by atoms with van der Waals surface area (Å²) in [5.41, 5.74) is 6.45. The molecule has 0 fully saturated rings. The van der Waals surface area contributed by atoms with Crippen molar-refractivity contribution in [3.63, 3.8) is 0 Å². The van der Waals surface area contributed by atoms with Gasteiger partial charge < -0.3 is 17.9 Å². The molecule has 0 spiro atoms. The molecular formula is C8H9NO2Y-2. The molecular weight excluding hydrogens is 231 g/mol. The molecule has 1 amide bonds. The number of carbonyl (C=O) groups is 1. The Balaban J connectivity index is 0. The molecule has 0 heterocycles. The molecule has 12 heavy (non-hydrogen) atoms. The number of para-hydroxylation sites is 1. The van der Waals surface area contributed by atoms with Crippen molar-refractivity contribution in [3.05, 3.63) is 43.5 Å². The van der Waals surface area contributed by atoms with Crippen LogP contribution in [0.25, 0.3) is 5.73 Å². The zero-order chi connectivity index (χ0) is 7.40. The Labute approximate surface area is 97.2 Å². The van der Waals surface area contributed by atoms with E-state index in [1.807, 2.05) is 0 Å². The average Bonchev–Trinajstić information content (AvgIpc) is 1.88. The molecule has 1 aromatic rings. The van der Waals surface area contributed by atoms with Gasteiger partial charge in [-0.1, -0.05) is 18.2 Å². The average molecular weight is 240 g/mol. The standard InChI is InChI=1S/C7H7NO2.CH3.Y/c8-7(9)10-6-4-2-1-3-5-6;;/h1-5H,(H2,8,9);1H3;/q;-1;/p-1. The van der Waals surface area contributed by atoms with Crippen LogP contribution in [0, 0.1) is 7.43 Å². The Morgan fingerprint density at radius 2 is 1.75 bits per heavy atom. The van der Waals surface area contributed by atoms with Crippen molar-refractivity contribution in [2.75, 3.05) is 0 Å². The van der Waals surface area contributed by atoms with Gasteiger partial charge in [-0.15, -0.1) is 0 Å². The van der Waals surface area contributed by atoms with Gasteiger partial charge in [0.05, 0.1) is 0 Å². The van der Waals surface area contributed by atoms with Gasteiger partial charge in [0.1, 0.15) is 5.75 Å². The van der Waals surface area contributed by atoms with Gasteiger partial charge in [-0.3, -0.25) is 4.79 Å². The van der Waals surface area contributed by atoms with Crippen LogP contribution in [0.15, 0.2) is 30.3 Å². The second kappa shape index (κ2) is 7.25. The smallest absolute Gasteiger partial charge is 0.232 e. The van der Waals surface area contributed by atoms with Crippen LogP contribution in [-0.2, 0) is 32.7 Å². The van der Waals surface area contributed by atoms with Crippen molar-refractivity contribution in [2.24, 2.45) is 0 Å². The van der Waals surface area contributed by atoms with E-state index in [0.717, 1.165) is 0 Å². The van der Waals surface area contributed by atoms with Gasteiger partial charge in [-0.25, -0.2) is 0 Å². The number of rotatable bonds is 1. The molecule has 0 saturated heterocycles. The summed E-state index contributed by atoms with van der Waals surface area (Å²) >= 11 is 0. The molecule has 1 N–H and O–H groups in total. The zero-order valence-corrected chi connectivity index (χ0v) is 9.62. The van der Waals surface area contributed by atoms with Crippen LogP contribution in [0.3, 0.4) is 0 Å². The van der Waals surface area contributed by atoms with Crippen molar-refractivity contribution in [1.29, 1.82) is 0 Å². The largest absolute Gasteiger partial charge is 0.631 e. The first-order valence-corrected chi connectivity index (χ1v) is 2.77. The molecule has 3 nitrogen and oxygen atoms in total. The molecule has 0 aromatic heterocycles. The summed E-state index contributed by atoms with van der Waals surface area (Å²) in [5.74, 6) is 0.405. The van der Waals surface area contributed by atoms with E-state index in [4.69, 9.17) is 5.73 Å². The third kappa shape index (κ3) is 5.27. The molecule has 0 saturated carbocycles. The molecule has 4 heteroatoms. The van der Waals surface area contributed by atoms with E-state index >= 15 is 0 Å². The molecule has 0 aliphatic carbocycles. The van der Waals surface area contributed by atoms with E-state index in [1.165, 1.54) is 0 Å². The summed E-state index contributed by atoms with van der Waals surface area (Å²) in [4.78, 5) is 10.1. The molecule has 1 aromatic carbocycles. The molecule has 1 radical (unpaired) electrons. The fourth-order valence-electron chi connectivity index (χ4n) is 0.596. The van der Waals surface area contributed by atoms with Gasteiger partial charge in [0.25, 0.3) is 0 Å². The number of hydrogen-bond donors (Lipinski definition) is 0. The second-order valence-electron chi connectivity index (χ2n) is 1.70. The summed E-state index contributed by atoms with van der Waals surface area (Å²) in [6.07, 6.45) is -1.04. The van der Waals surface area contributed by atoms with Gasteiger partial charge in [0, 0.05) is 32.7 Å². The first-order chi connectivity index (χ1) is 4.79. The quantitative estimate of drug-likeness (QED) is 0.708. The van der Waals surface area contributed by atoms with Crippen molar-refractivity contribution < 1.29 is 42.2 Å². The van der Waals surface area contributed by atoms with Crippen molar-refractivity contribution in [2.45, 2.75) is 0 Å². The Bertz CT molecular complexity index is 226. The van der Waals surface area contributed by atoms with Crippen molar-refractivity contribution >= 4 is 6.09 Å². The topological polar surface area (TPSA) is 50.1 Å². The van der Waals surface area contributed by atoms with Gasteiger partial charge in [0.2, 0.25) is 6.09 Å². The number of carbonyl (C=O) groups excluding carboxylic acids is 1. The number of ether oxygens (including phenoxy) is 1. The first-order valence-electron chi connectivity index (χ1n) is 2.77. The predicted octanol–water partition coefficient (Wildman–Crippen LogP) is 2.69. The molecule has 0 unspecified atom stereocenters. The number of nitrogens with one attached hydrogen (secondary N) is 1. The maximum absolute atomic E-state index is 10.1. The fourth-order valence-corrected chi connectivity index (χ4v) is 0.596. The van der Waals surface area contributed by atoms with E-state index in [2.05, 4.69) is 4.74 Å². The summed E-state index contributed by atoms with van der Waals surface area (Å²) in [5, 5.41) is 0. The van der Waals surface area contributed by atoms with Crippen molar-refractivity contribution in [1.82, 2.24) is 0 Å². The number of benzene rings is 1. The third-order valence-electron chi connectivity index (χ3n) is 0.954. The van der Waals surface area contributed by atoms with Crippen LogP contribution < -0.4 is 4.74 Å². The van der Waals surface area contributed by atoms with Crippen LogP contribution in [0.4, 0.5) is 4.79 Å². The minimum Gasteiger partial charge on any atom is -0.631 e. The first kappa shape index (κ1) is 14.1. The SMILES string of the molecule is [CH3-].[NH-]C(=O)Oc1ccccc1.[Y]. The van der Waals surface area contributed by atoms with E-state index in [0.29, 0.717) is 5.75 Å². The zero-order valence-electron chi connectivity index (χ0n) is 6.78. The summed E-state index contributed by atoms with van der Waals surface area (Å²) in [6, 6.07) is 8.51. The van der Waals surface area contributed by atoms with E-state index in [1.54, 1.807) is 30.3 Å². The Morgan fingerprint density at radius 3 is 2.17 bits per heavy atom. The third-order valence-corrected chi connectivity index (χ3v) is 0.954. The molecule has 0 aliphatic heterocycles. The van der Waals surface area contributed by atoms with Gasteiger partial charge >= 0.3 is 0 Å². The number of hydrogen-bond acceptors (Lipinski definition) is 2. The van der Waals surface area contributed by atoms with Crippen LogP contribution in [-0.4, -0.2) is 6.09 Å². The van der Waals surface area contributed by atoms with E-state index < -0.39 is 6.09 Å². The van der Waals surface area contributed by atoms with Crippen molar-refractivity contribution in [3.8, 4) is 5.75 Å². The minimum atomic E-state index is -1.04. The summed E-state index contributed by atoms with van der Waals surface area (Å²) in [7, 11) is 0. The predicted molar refractivity (Wildman–Crippen MR) is 43.2 cm³/mol. The Morgan fingerprint density at radius 1 is 1.25 bits per heavy atom. The van der Waals surface area contributed by atoms with Gasteiger partial charge in [0.15, 0.2) is 0 Å². The molecule has 63 valence electrons. The molecule has 0 atom stereocenters. The fraction of sp³-hybridized carbons (Fsp3) is 0. The maximum Gasteiger partial charge on any atom is 0.232 e. The van der Waals surface area contributed by atoms with E-state index in [-0.39, 0.29) is 40.1 Å². The maximum atomic E-state index is 10.1. The Hall–Kier alpha value is -0.406. The summed E-state index contributed by atoms with van der Waals surface area (Å²) < 4.78 is 4.44.